The lowest BCUT2D eigenvalue weighted by Crippen LogP contribution is -2.60. The number of benzene rings is 1. The van der Waals surface area contributed by atoms with Crippen molar-refractivity contribution in [1.82, 2.24) is 31.5 Å². The molecule has 9 amide bonds. The van der Waals surface area contributed by atoms with Crippen molar-refractivity contribution < 1.29 is 63.3 Å². The Balaban J connectivity index is 2.27. The summed E-state index contributed by atoms with van der Waals surface area (Å²) in [7, 11) is 0. The Morgan fingerprint density at radius 1 is 0.642 bits per heavy atom. The third-order valence-electron chi connectivity index (χ3n) is 11.2. The van der Waals surface area contributed by atoms with Crippen LogP contribution in [0.15, 0.2) is 24.3 Å². The molecule has 0 bridgehead atoms. The number of carbonyl (C=O) groups is 10. The lowest BCUT2D eigenvalue weighted by molar-refractivity contribution is -0.144. The number of rotatable bonds is 33. The van der Waals surface area contributed by atoms with E-state index in [-0.39, 0.29) is 31.6 Å². The van der Waals surface area contributed by atoms with E-state index >= 15 is 0 Å². The minimum Gasteiger partial charge on any atom is -0.508 e. The van der Waals surface area contributed by atoms with Gasteiger partial charge in [-0.1, -0.05) is 83.3 Å². The van der Waals surface area contributed by atoms with Gasteiger partial charge in [0.25, 0.3) is 0 Å². The first kappa shape index (κ1) is 56.8. The maximum atomic E-state index is 14.1. The molecule has 7 atom stereocenters. The average Bonchev–Trinajstić information content (AvgIpc) is 3.77. The topological polar surface area (TPSA) is 399 Å². The number of aliphatic carboxylic acids is 1. The summed E-state index contributed by atoms with van der Waals surface area (Å²) in [5.41, 5.74) is 22.8. The quantitative estimate of drug-likeness (QED) is 0.0342. The number of hydrogen-bond donors (Lipinski definition) is 12. The monoisotopic (exact) mass is 947 g/mol. The first-order valence-corrected chi connectivity index (χ1v) is 22.8. The van der Waals surface area contributed by atoms with Gasteiger partial charge in [0.05, 0.1) is 25.5 Å². The number of aliphatic hydroxyl groups is 1. The van der Waals surface area contributed by atoms with Gasteiger partial charge in [-0.05, 0) is 43.4 Å². The summed E-state index contributed by atoms with van der Waals surface area (Å²) in [6.45, 7) is 1.09. The summed E-state index contributed by atoms with van der Waals surface area (Å²) in [5.74, 6) is -10.4. The fourth-order valence-corrected chi connectivity index (χ4v) is 7.48. The molecule has 1 fully saturated rings. The molecule has 1 aliphatic heterocycles. The molecule has 23 nitrogen and oxygen atoms in total. The Morgan fingerprint density at radius 2 is 1.13 bits per heavy atom. The molecule has 0 radical (unpaired) electrons. The van der Waals surface area contributed by atoms with Gasteiger partial charge in [0.1, 0.15) is 42.0 Å². The van der Waals surface area contributed by atoms with Crippen molar-refractivity contribution in [2.45, 2.75) is 165 Å². The second-order valence-corrected chi connectivity index (χ2v) is 16.8. The maximum Gasteiger partial charge on any atom is 0.328 e. The summed E-state index contributed by atoms with van der Waals surface area (Å²) < 4.78 is 0. The van der Waals surface area contributed by atoms with Gasteiger partial charge >= 0.3 is 5.97 Å². The average molecular weight is 947 g/mol. The van der Waals surface area contributed by atoms with Crippen molar-refractivity contribution in [2.75, 3.05) is 13.2 Å². The Morgan fingerprint density at radius 3 is 1.66 bits per heavy atom. The minimum atomic E-state index is -1.78. The number of carboxylic acids is 1. The van der Waals surface area contributed by atoms with E-state index < -0.39 is 134 Å². The number of nitrogens with two attached hydrogens (primary N) is 4. The molecule has 1 aromatic carbocycles. The highest BCUT2D eigenvalue weighted by Crippen LogP contribution is 2.21. The first-order valence-electron chi connectivity index (χ1n) is 22.8. The van der Waals surface area contributed by atoms with Crippen molar-refractivity contribution >= 4 is 59.1 Å². The van der Waals surface area contributed by atoms with E-state index in [9.17, 15) is 63.3 Å². The molecule has 1 aromatic rings. The van der Waals surface area contributed by atoms with E-state index in [0.717, 1.165) is 30.6 Å². The summed E-state index contributed by atoms with van der Waals surface area (Å²) in [5, 5.41) is 40.1. The Kier molecular flexibility index (Phi) is 25.4. The SMILES string of the molecule is CCCCCCCCCCCC[C@H](N)C(=O)N[C@H](Cc1ccc(O)cc1)C(=O)N[C@H](CC(N)=O)C(=O)N[C@@H](CCC(N)=O)C(=O)N1CCC[C@H]1C(=O)N[C@H](CC(N)=O)C(=O)N[C@@H](CO)C(=O)O. The van der Waals surface area contributed by atoms with Gasteiger partial charge in [0.15, 0.2) is 0 Å². The number of amides is 9. The van der Waals surface area contributed by atoms with Crippen LogP contribution in [0.2, 0.25) is 0 Å². The molecular weight excluding hydrogens is 877 g/mol. The molecular formula is C44H70N10O13. The van der Waals surface area contributed by atoms with Crippen molar-refractivity contribution in [3.63, 3.8) is 0 Å². The van der Waals surface area contributed by atoms with Crippen molar-refractivity contribution in [2.24, 2.45) is 22.9 Å². The van der Waals surface area contributed by atoms with E-state index in [4.69, 9.17) is 22.9 Å². The third kappa shape index (κ3) is 21.2. The van der Waals surface area contributed by atoms with Gasteiger partial charge in [-0.3, -0.25) is 43.2 Å². The lowest BCUT2D eigenvalue weighted by Gasteiger charge is -2.30. The molecule has 0 aliphatic carbocycles. The summed E-state index contributed by atoms with van der Waals surface area (Å²) in [6, 6.07) is -4.74. The lowest BCUT2D eigenvalue weighted by atomic mass is 10.0. The van der Waals surface area contributed by atoms with Gasteiger partial charge in [0.2, 0.25) is 53.2 Å². The highest BCUT2D eigenvalue weighted by atomic mass is 16.4. The highest BCUT2D eigenvalue weighted by molar-refractivity contribution is 5.99. The normalized spacial score (nSPS) is 16.0. The Bertz CT molecular complexity index is 1850. The molecule has 1 saturated heterocycles. The fraction of sp³-hybridized carbons (Fsp3) is 0.636. The number of phenolic OH excluding ortho intramolecular Hbond substituents is 1. The van der Waals surface area contributed by atoms with E-state index in [2.05, 4.69) is 28.2 Å². The number of nitrogens with one attached hydrogen (secondary N) is 5. The molecule has 0 spiro atoms. The predicted octanol–water partition coefficient (Wildman–Crippen LogP) is -1.92. The number of carboxylic acid groups (broad SMARTS) is 1. The van der Waals surface area contributed by atoms with E-state index in [1.807, 2.05) is 5.32 Å². The second-order valence-electron chi connectivity index (χ2n) is 16.8. The van der Waals surface area contributed by atoms with Crippen LogP contribution in [0.25, 0.3) is 0 Å². The molecule has 2 rings (SSSR count). The number of carbonyl (C=O) groups excluding carboxylic acids is 9. The van der Waals surface area contributed by atoms with Crippen LogP contribution in [0.4, 0.5) is 0 Å². The van der Waals surface area contributed by atoms with Crippen LogP contribution in [0, 0.1) is 0 Å². The summed E-state index contributed by atoms with van der Waals surface area (Å²) >= 11 is 0. The molecule has 1 heterocycles. The molecule has 67 heavy (non-hydrogen) atoms. The zero-order valence-corrected chi connectivity index (χ0v) is 38.2. The van der Waals surface area contributed by atoms with Crippen LogP contribution in [0.3, 0.4) is 0 Å². The highest BCUT2D eigenvalue weighted by Gasteiger charge is 2.40. The number of aromatic hydroxyl groups is 1. The largest absolute Gasteiger partial charge is 0.508 e. The second kappa shape index (κ2) is 30.0. The number of nitrogens with zero attached hydrogens (tertiary/aromatic N) is 1. The van der Waals surface area contributed by atoms with Crippen LogP contribution >= 0.6 is 0 Å². The standard InChI is InChI=1S/C44H70N10O13/c1-2-3-4-5-6-7-8-9-10-11-13-28(45)38(60)50-30(22-26-15-17-27(56)18-16-26)39(61)51-31(23-36(47)58)40(62)49-29(19-20-35(46)57)43(65)54-21-12-14-34(54)42(64)52-32(24-37(48)59)41(63)53-33(25-55)44(66)67/h15-18,28-34,55-56H,2-14,19-25,45H2,1H3,(H2,46,57)(H2,47,58)(H2,48,59)(H,49,62)(H,50,60)(H,51,61)(H,52,64)(H,53,63)(H,66,67)/t28-,29-,30+,31+,32+,33-,34-/m0/s1. The van der Waals surface area contributed by atoms with Crippen LogP contribution in [0.1, 0.15) is 122 Å². The molecule has 0 aromatic heterocycles. The van der Waals surface area contributed by atoms with Gasteiger partial charge in [-0.2, -0.15) is 0 Å². The number of primary amides is 3. The van der Waals surface area contributed by atoms with Crippen LogP contribution in [-0.4, -0.2) is 135 Å². The van der Waals surface area contributed by atoms with Gasteiger partial charge < -0.3 is 69.7 Å². The van der Waals surface area contributed by atoms with E-state index in [0.29, 0.717) is 18.4 Å². The van der Waals surface area contributed by atoms with Crippen molar-refractivity contribution in [1.29, 1.82) is 0 Å². The Hall–Kier alpha value is -6.36. The van der Waals surface area contributed by atoms with E-state index in [1.165, 1.54) is 56.4 Å². The fourth-order valence-electron chi connectivity index (χ4n) is 7.48. The third-order valence-corrected chi connectivity index (χ3v) is 11.2. The van der Waals surface area contributed by atoms with E-state index in [1.54, 1.807) is 0 Å². The zero-order valence-electron chi connectivity index (χ0n) is 38.2. The number of likely N-dealkylation sites (tertiary alicyclic amines) is 1. The number of hydrogen-bond acceptors (Lipinski definition) is 13. The zero-order chi connectivity index (χ0) is 50.1. The Labute approximate surface area is 389 Å². The van der Waals surface area contributed by atoms with Crippen LogP contribution in [0.5, 0.6) is 5.75 Å². The molecule has 23 heteroatoms. The molecule has 0 saturated carbocycles. The summed E-state index contributed by atoms with van der Waals surface area (Å²) in [4.78, 5) is 130. The smallest absolute Gasteiger partial charge is 0.328 e. The van der Waals surface area contributed by atoms with Gasteiger partial charge in [-0.15, -0.1) is 0 Å². The number of aliphatic hydroxyl groups excluding tert-OH is 1. The predicted molar refractivity (Wildman–Crippen MR) is 241 cm³/mol. The first-order chi connectivity index (χ1) is 31.8. The van der Waals surface area contributed by atoms with Crippen molar-refractivity contribution in [3.05, 3.63) is 29.8 Å². The van der Waals surface area contributed by atoms with Crippen molar-refractivity contribution in [3.8, 4) is 5.75 Å². The van der Waals surface area contributed by atoms with Gasteiger partial charge in [0, 0.05) is 19.4 Å². The molecule has 0 unspecified atom stereocenters. The van der Waals surface area contributed by atoms with Crippen LogP contribution < -0.4 is 49.5 Å². The number of unbranched alkanes of at least 4 members (excludes halogenated alkanes) is 9. The molecule has 374 valence electrons. The maximum absolute atomic E-state index is 14.1. The number of phenols is 1. The summed E-state index contributed by atoms with van der Waals surface area (Å²) in [6.07, 6.45) is 8.80. The minimum absolute atomic E-state index is 0.0186. The molecule has 1 aliphatic rings. The van der Waals surface area contributed by atoms with Gasteiger partial charge in [-0.25, -0.2) is 4.79 Å². The molecule has 16 N–H and O–H groups in total. The van der Waals surface area contributed by atoms with Crippen LogP contribution in [-0.2, 0) is 54.4 Å².